The average molecular weight is 316 g/mol. The lowest BCUT2D eigenvalue weighted by atomic mass is 10.0. The molecule has 2 aliphatic rings. The van der Waals surface area contributed by atoms with Crippen LogP contribution in [0.3, 0.4) is 0 Å². The number of nitrogens with one attached hydrogen (secondary N) is 1. The van der Waals surface area contributed by atoms with E-state index < -0.39 is 15.1 Å². The molecular weight excluding hydrogens is 288 g/mol. The number of hydrogen-bond donors (Lipinski definition) is 1. The van der Waals surface area contributed by atoms with Gasteiger partial charge in [-0.25, -0.2) is 8.42 Å². The zero-order chi connectivity index (χ0) is 15.3. The summed E-state index contributed by atoms with van der Waals surface area (Å²) in [7, 11) is -3.24. The number of carbonyl (C=O) groups excluding carboxylic acids is 1. The highest BCUT2D eigenvalue weighted by atomic mass is 32.2. The van der Waals surface area contributed by atoms with Crippen molar-refractivity contribution in [3.63, 3.8) is 0 Å². The molecule has 2 unspecified atom stereocenters. The summed E-state index contributed by atoms with van der Waals surface area (Å²) in [4.78, 5) is 14.5. The summed E-state index contributed by atoms with van der Waals surface area (Å²) in [5.41, 5.74) is 0. The van der Waals surface area contributed by atoms with Gasteiger partial charge in [-0.3, -0.25) is 4.79 Å². The Kier molecular flexibility index (Phi) is 6.05. The second-order valence-corrected chi connectivity index (χ2v) is 8.59. The zero-order valence-corrected chi connectivity index (χ0v) is 13.8. The maximum atomic E-state index is 12.7. The average Bonchev–Trinajstić information content (AvgIpc) is 2.47. The first-order chi connectivity index (χ1) is 10.0. The van der Waals surface area contributed by atoms with Crippen molar-refractivity contribution in [2.24, 2.45) is 0 Å². The third-order valence-electron chi connectivity index (χ3n) is 4.51. The SMILES string of the molecule is CCCN(CC1CCCCN1)C(=O)C1CCCCS1(=O)=O. The van der Waals surface area contributed by atoms with Gasteiger partial charge in [-0.05, 0) is 38.6 Å². The maximum Gasteiger partial charge on any atom is 0.240 e. The van der Waals surface area contributed by atoms with Gasteiger partial charge in [-0.15, -0.1) is 0 Å². The van der Waals surface area contributed by atoms with Crippen LogP contribution in [0.2, 0.25) is 0 Å². The van der Waals surface area contributed by atoms with Crippen LogP contribution < -0.4 is 5.32 Å². The van der Waals surface area contributed by atoms with E-state index in [1.54, 1.807) is 4.90 Å². The number of carbonyl (C=O) groups is 1. The molecule has 0 spiro atoms. The minimum absolute atomic E-state index is 0.163. The highest BCUT2D eigenvalue weighted by Crippen LogP contribution is 2.22. The monoisotopic (exact) mass is 316 g/mol. The van der Waals surface area contributed by atoms with E-state index in [-0.39, 0.29) is 11.7 Å². The van der Waals surface area contributed by atoms with Crippen molar-refractivity contribution in [3.8, 4) is 0 Å². The van der Waals surface area contributed by atoms with Crippen molar-refractivity contribution in [2.45, 2.75) is 63.2 Å². The van der Waals surface area contributed by atoms with Crippen molar-refractivity contribution in [1.82, 2.24) is 10.2 Å². The standard InChI is InChI=1S/C15H28N2O3S/c1-2-10-17(12-13-7-3-5-9-16-13)15(18)14-8-4-6-11-21(14,19)20/h13-14,16H,2-12H2,1H3. The summed E-state index contributed by atoms with van der Waals surface area (Å²) >= 11 is 0. The molecule has 1 amide bonds. The van der Waals surface area contributed by atoms with Crippen LogP contribution in [0, 0.1) is 0 Å². The third kappa shape index (κ3) is 4.42. The summed E-state index contributed by atoms with van der Waals surface area (Å²) in [5, 5.41) is 2.65. The Bertz CT molecular complexity index is 444. The van der Waals surface area contributed by atoms with Crippen LogP contribution in [0.4, 0.5) is 0 Å². The molecule has 0 bridgehead atoms. The minimum atomic E-state index is -3.24. The summed E-state index contributed by atoms with van der Waals surface area (Å²) in [6.45, 7) is 4.34. The largest absolute Gasteiger partial charge is 0.340 e. The molecule has 0 radical (unpaired) electrons. The molecule has 2 saturated heterocycles. The van der Waals surface area contributed by atoms with Gasteiger partial charge < -0.3 is 10.2 Å². The predicted molar refractivity (Wildman–Crippen MR) is 83.9 cm³/mol. The molecule has 2 rings (SSSR count). The Hall–Kier alpha value is -0.620. The first-order valence-electron chi connectivity index (χ1n) is 8.28. The fourth-order valence-electron chi connectivity index (χ4n) is 3.34. The number of sulfone groups is 1. The van der Waals surface area contributed by atoms with E-state index >= 15 is 0 Å². The minimum Gasteiger partial charge on any atom is -0.340 e. The Balaban J connectivity index is 2.03. The van der Waals surface area contributed by atoms with E-state index in [1.165, 1.54) is 12.8 Å². The van der Waals surface area contributed by atoms with Crippen molar-refractivity contribution < 1.29 is 13.2 Å². The Morgan fingerprint density at radius 1 is 1.19 bits per heavy atom. The van der Waals surface area contributed by atoms with E-state index in [2.05, 4.69) is 5.32 Å². The van der Waals surface area contributed by atoms with Gasteiger partial charge in [0.15, 0.2) is 9.84 Å². The smallest absolute Gasteiger partial charge is 0.240 e. The van der Waals surface area contributed by atoms with Gasteiger partial charge >= 0.3 is 0 Å². The van der Waals surface area contributed by atoms with Gasteiger partial charge in [-0.2, -0.15) is 0 Å². The zero-order valence-electron chi connectivity index (χ0n) is 13.0. The highest BCUT2D eigenvalue weighted by molar-refractivity contribution is 7.92. The molecule has 2 heterocycles. The van der Waals surface area contributed by atoms with Crippen molar-refractivity contribution in [2.75, 3.05) is 25.4 Å². The molecule has 0 aliphatic carbocycles. The van der Waals surface area contributed by atoms with Gasteiger partial charge in [0.1, 0.15) is 5.25 Å². The van der Waals surface area contributed by atoms with Crippen LogP contribution in [0.1, 0.15) is 51.9 Å². The lowest BCUT2D eigenvalue weighted by Gasteiger charge is -2.33. The van der Waals surface area contributed by atoms with Gasteiger partial charge in [0, 0.05) is 19.1 Å². The van der Waals surface area contributed by atoms with Crippen LogP contribution in [-0.2, 0) is 14.6 Å². The summed E-state index contributed by atoms with van der Waals surface area (Å²) in [6, 6.07) is 0.320. The molecule has 2 atom stereocenters. The third-order valence-corrected chi connectivity index (χ3v) is 6.67. The number of piperidine rings is 1. The number of amides is 1. The molecule has 2 aliphatic heterocycles. The predicted octanol–water partition coefficient (Wildman–Crippen LogP) is 1.33. The highest BCUT2D eigenvalue weighted by Gasteiger charge is 2.37. The van der Waals surface area contributed by atoms with Gasteiger partial charge in [0.25, 0.3) is 0 Å². The topological polar surface area (TPSA) is 66.5 Å². The van der Waals surface area contributed by atoms with E-state index in [0.717, 1.165) is 25.8 Å². The molecule has 5 nitrogen and oxygen atoms in total. The van der Waals surface area contributed by atoms with E-state index in [4.69, 9.17) is 0 Å². The van der Waals surface area contributed by atoms with Crippen molar-refractivity contribution in [3.05, 3.63) is 0 Å². The van der Waals surface area contributed by atoms with E-state index in [1.807, 2.05) is 6.92 Å². The Labute approximate surface area is 128 Å². The summed E-state index contributed by atoms with van der Waals surface area (Å²) in [6.07, 6.45) is 6.36. The van der Waals surface area contributed by atoms with E-state index in [0.29, 0.717) is 32.0 Å². The molecule has 1 N–H and O–H groups in total. The first-order valence-corrected chi connectivity index (χ1v) is 10.00. The fourth-order valence-corrected chi connectivity index (χ4v) is 5.22. The van der Waals surface area contributed by atoms with Gasteiger partial charge in [0.2, 0.25) is 5.91 Å². The van der Waals surface area contributed by atoms with Gasteiger partial charge in [-0.1, -0.05) is 19.8 Å². The normalized spacial score (nSPS) is 29.0. The van der Waals surface area contributed by atoms with Crippen LogP contribution >= 0.6 is 0 Å². The molecule has 0 aromatic carbocycles. The second kappa shape index (κ2) is 7.58. The fraction of sp³-hybridized carbons (Fsp3) is 0.933. The molecule has 2 fully saturated rings. The second-order valence-electron chi connectivity index (χ2n) is 6.28. The van der Waals surface area contributed by atoms with Crippen LogP contribution in [0.15, 0.2) is 0 Å². The molecule has 122 valence electrons. The summed E-state index contributed by atoms with van der Waals surface area (Å²) in [5.74, 6) is 0.00864. The van der Waals surface area contributed by atoms with Crippen molar-refractivity contribution in [1.29, 1.82) is 0 Å². The molecule has 21 heavy (non-hydrogen) atoms. The number of hydrogen-bond acceptors (Lipinski definition) is 4. The molecular formula is C15H28N2O3S. The molecule has 0 aromatic rings. The molecule has 0 saturated carbocycles. The lowest BCUT2D eigenvalue weighted by molar-refractivity contribution is -0.131. The number of rotatable bonds is 5. The van der Waals surface area contributed by atoms with Crippen LogP contribution in [0.5, 0.6) is 0 Å². The number of nitrogens with zero attached hydrogens (tertiary/aromatic N) is 1. The molecule has 6 heteroatoms. The van der Waals surface area contributed by atoms with Crippen LogP contribution in [0.25, 0.3) is 0 Å². The first kappa shape index (κ1) is 16.7. The lowest BCUT2D eigenvalue weighted by Crippen LogP contribution is -2.51. The van der Waals surface area contributed by atoms with Crippen molar-refractivity contribution >= 4 is 15.7 Å². The Morgan fingerprint density at radius 3 is 2.57 bits per heavy atom. The quantitative estimate of drug-likeness (QED) is 0.831. The van der Waals surface area contributed by atoms with Gasteiger partial charge in [0.05, 0.1) is 5.75 Å². The summed E-state index contributed by atoms with van der Waals surface area (Å²) < 4.78 is 24.3. The molecule has 0 aromatic heterocycles. The van der Waals surface area contributed by atoms with E-state index in [9.17, 15) is 13.2 Å². The maximum absolute atomic E-state index is 12.7. The van der Waals surface area contributed by atoms with Crippen LogP contribution in [-0.4, -0.2) is 55.9 Å². The Morgan fingerprint density at radius 2 is 1.95 bits per heavy atom.